The van der Waals surface area contributed by atoms with Crippen LogP contribution in [0.2, 0.25) is 0 Å². The van der Waals surface area contributed by atoms with Gasteiger partial charge in [0.2, 0.25) is 5.13 Å². The number of nitrogens with zero attached hydrogens (tertiary/aromatic N) is 4. The lowest BCUT2D eigenvalue weighted by Crippen LogP contribution is -2.28. The van der Waals surface area contributed by atoms with Crippen LogP contribution in [-0.2, 0) is 4.79 Å². The van der Waals surface area contributed by atoms with Crippen LogP contribution in [0.15, 0.2) is 70.1 Å². The molecule has 1 amide bonds. The third kappa shape index (κ3) is 3.44. The van der Waals surface area contributed by atoms with Crippen molar-refractivity contribution in [2.24, 2.45) is 4.99 Å². The largest absolute Gasteiger partial charge is 0.271 e. The second-order valence-corrected chi connectivity index (χ2v) is 7.38. The van der Waals surface area contributed by atoms with E-state index >= 15 is 0 Å². The van der Waals surface area contributed by atoms with Crippen LogP contribution in [0.1, 0.15) is 11.3 Å². The third-order valence-electron chi connectivity index (χ3n) is 3.60. The summed E-state index contributed by atoms with van der Waals surface area (Å²) in [5.41, 5.74) is 2.58. The SMILES string of the molecule is Cc1csc(/N=C2/S/C(=C\c3cccnc3)C(=O)N2c2ccccc2)n1. The molecule has 1 aliphatic heterocycles. The number of anilines is 1. The summed E-state index contributed by atoms with van der Waals surface area (Å²) in [6, 6.07) is 13.3. The minimum Gasteiger partial charge on any atom is -0.268 e. The molecule has 0 aliphatic carbocycles. The van der Waals surface area contributed by atoms with Crippen molar-refractivity contribution in [1.29, 1.82) is 0 Å². The number of amidine groups is 1. The van der Waals surface area contributed by atoms with E-state index in [1.165, 1.54) is 23.1 Å². The normalized spacial score (nSPS) is 17.4. The molecule has 0 bridgehead atoms. The maximum absolute atomic E-state index is 13.0. The predicted octanol–water partition coefficient (Wildman–Crippen LogP) is 4.66. The lowest BCUT2D eigenvalue weighted by molar-refractivity contribution is -0.113. The van der Waals surface area contributed by atoms with Gasteiger partial charge in [-0.25, -0.2) is 4.98 Å². The maximum Gasteiger partial charge on any atom is 0.271 e. The number of amides is 1. The first-order chi connectivity index (χ1) is 12.7. The zero-order valence-corrected chi connectivity index (χ0v) is 15.5. The second-order valence-electron chi connectivity index (χ2n) is 5.54. The van der Waals surface area contributed by atoms with E-state index in [0.717, 1.165) is 16.9 Å². The molecule has 1 aromatic carbocycles. The molecule has 26 heavy (non-hydrogen) atoms. The molecule has 4 rings (SSSR count). The Morgan fingerprint density at radius 3 is 2.69 bits per heavy atom. The van der Waals surface area contributed by atoms with Gasteiger partial charge >= 0.3 is 0 Å². The van der Waals surface area contributed by atoms with Crippen molar-refractivity contribution < 1.29 is 4.79 Å². The van der Waals surface area contributed by atoms with E-state index in [1.54, 1.807) is 17.3 Å². The van der Waals surface area contributed by atoms with E-state index in [-0.39, 0.29) is 5.91 Å². The molecule has 0 atom stereocenters. The first-order valence-electron chi connectivity index (χ1n) is 7.90. The Labute approximate surface area is 159 Å². The van der Waals surface area contributed by atoms with Gasteiger partial charge in [0, 0.05) is 17.8 Å². The molecule has 1 aliphatic rings. The summed E-state index contributed by atoms with van der Waals surface area (Å²) in [5.74, 6) is -0.0999. The molecular formula is C19H14N4OS2. The van der Waals surface area contributed by atoms with Crippen LogP contribution in [0.25, 0.3) is 6.08 Å². The van der Waals surface area contributed by atoms with Crippen molar-refractivity contribution in [3.8, 4) is 0 Å². The average molecular weight is 378 g/mol. The summed E-state index contributed by atoms with van der Waals surface area (Å²) in [5, 5.41) is 3.19. The lowest BCUT2D eigenvalue weighted by atomic mass is 10.2. The number of aliphatic imine (C=N–C) groups is 1. The number of thiazole rings is 1. The van der Waals surface area contributed by atoms with Crippen LogP contribution in [0.3, 0.4) is 0 Å². The molecule has 5 nitrogen and oxygen atoms in total. The lowest BCUT2D eigenvalue weighted by Gasteiger charge is -2.14. The van der Waals surface area contributed by atoms with Gasteiger partial charge in [0.15, 0.2) is 5.17 Å². The number of hydrogen-bond acceptors (Lipinski definition) is 6. The minimum atomic E-state index is -0.0999. The zero-order valence-electron chi connectivity index (χ0n) is 13.9. The minimum absolute atomic E-state index is 0.0999. The van der Waals surface area contributed by atoms with Crippen LogP contribution >= 0.6 is 23.1 Å². The van der Waals surface area contributed by atoms with Gasteiger partial charge in [-0.2, -0.15) is 4.99 Å². The molecule has 0 unspecified atom stereocenters. The van der Waals surface area contributed by atoms with Crippen LogP contribution in [0.5, 0.6) is 0 Å². The van der Waals surface area contributed by atoms with Gasteiger partial charge < -0.3 is 0 Å². The first kappa shape index (κ1) is 16.7. The average Bonchev–Trinajstić information content (AvgIpc) is 3.20. The van der Waals surface area contributed by atoms with Gasteiger partial charge in [-0.3, -0.25) is 14.7 Å². The van der Waals surface area contributed by atoms with E-state index in [1.807, 2.05) is 60.8 Å². The van der Waals surface area contributed by atoms with E-state index in [0.29, 0.717) is 15.2 Å². The molecule has 0 N–H and O–H groups in total. The fraction of sp³-hybridized carbons (Fsp3) is 0.0526. The van der Waals surface area contributed by atoms with Crippen LogP contribution in [0, 0.1) is 6.92 Å². The van der Waals surface area contributed by atoms with Gasteiger partial charge in [-0.05, 0) is 48.5 Å². The maximum atomic E-state index is 13.0. The number of carbonyl (C=O) groups is 1. The zero-order chi connectivity index (χ0) is 17.9. The van der Waals surface area contributed by atoms with Gasteiger partial charge in [-0.15, -0.1) is 11.3 Å². The number of rotatable bonds is 3. The number of aromatic nitrogens is 2. The van der Waals surface area contributed by atoms with Crippen molar-refractivity contribution >= 4 is 51.1 Å². The van der Waals surface area contributed by atoms with E-state index in [2.05, 4.69) is 15.0 Å². The Morgan fingerprint density at radius 1 is 1.15 bits per heavy atom. The molecule has 3 aromatic rings. The molecular weight excluding hydrogens is 364 g/mol. The van der Waals surface area contributed by atoms with Gasteiger partial charge in [0.1, 0.15) is 0 Å². The summed E-state index contributed by atoms with van der Waals surface area (Å²) < 4.78 is 0. The Balaban J connectivity index is 1.77. The Kier molecular flexibility index (Phi) is 4.64. The number of aryl methyl sites for hydroxylation is 1. The Bertz CT molecular complexity index is 997. The molecule has 0 saturated carbocycles. The molecule has 128 valence electrons. The summed E-state index contributed by atoms with van der Waals surface area (Å²) in [7, 11) is 0. The smallest absolute Gasteiger partial charge is 0.268 e. The van der Waals surface area contributed by atoms with E-state index in [4.69, 9.17) is 0 Å². The van der Waals surface area contributed by atoms with Crippen LogP contribution in [-0.4, -0.2) is 21.0 Å². The first-order valence-corrected chi connectivity index (χ1v) is 9.60. The number of hydrogen-bond donors (Lipinski definition) is 0. The highest BCUT2D eigenvalue weighted by Crippen LogP contribution is 2.37. The number of thioether (sulfide) groups is 1. The van der Waals surface area contributed by atoms with Crippen molar-refractivity contribution in [3.63, 3.8) is 0 Å². The van der Waals surface area contributed by atoms with Gasteiger partial charge in [-0.1, -0.05) is 24.3 Å². The number of para-hydroxylation sites is 1. The van der Waals surface area contributed by atoms with Gasteiger partial charge in [0.25, 0.3) is 5.91 Å². The van der Waals surface area contributed by atoms with Crippen molar-refractivity contribution in [2.45, 2.75) is 6.92 Å². The number of benzene rings is 1. The highest BCUT2D eigenvalue weighted by Gasteiger charge is 2.34. The molecule has 1 fully saturated rings. The van der Waals surface area contributed by atoms with E-state index in [9.17, 15) is 4.79 Å². The molecule has 0 radical (unpaired) electrons. The fourth-order valence-electron chi connectivity index (χ4n) is 2.44. The highest BCUT2D eigenvalue weighted by atomic mass is 32.2. The van der Waals surface area contributed by atoms with E-state index < -0.39 is 0 Å². The van der Waals surface area contributed by atoms with Crippen molar-refractivity contribution in [2.75, 3.05) is 4.90 Å². The molecule has 7 heteroatoms. The van der Waals surface area contributed by atoms with Gasteiger partial charge in [0.05, 0.1) is 16.3 Å². The van der Waals surface area contributed by atoms with Crippen molar-refractivity contribution in [1.82, 2.24) is 9.97 Å². The summed E-state index contributed by atoms with van der Waals surface area (Å²) in [6.45, 7) is 1.93. The van der Waals surface area contributed by atoms with Crippen molar-refractivity contribution in [3.05, 3.63) is 76.4 Å². The molecule has 0 spiro atoms. The van der Waals surface area contributed by atoms with Crippen LogP contribution < -0.4 is 4.90 Å². The summed E-state index contributed by atoms with van der Waals surface area (Å²) >= 11 is 2.81. The third-order valence-corrected chi connectivity index (χ3v) is 5.42. The summed E-state index contributed by atoms with van der Waals surface area (Å²) in [6.07, 6.45) is 5.28. The topological polar surface area (TPSA) is 58.5 Å². The predicted molar refractivity (Wildman–Crippen MR) is 108 cm³/mol. The van der Waals surface area contributed by atoms with Crippen LogP contribution in [0.4, 0.5) is 10.8 Å². The standard InChI is InChI=1S/C19H14N4OS2/c1-13-12-25-18(21-13)22-19-23(15-7-3-2-4-8-15)17(24)16(26-19)10-14-6-5-9-20-11-14/h2-12H,1H3/b16-10-,22-19+. The number of pyridine rings is 1. The Morgan fingerprint density at radius 2 is 2.00 bits per heavy atom. The molecule has 3 heterocycles. The fourth-order valence-corrected chi connectivity index (χ4v) is 4.15. The Hall–Kier alpha value is -2.77. The molecule has 2 aromatic heterocycles. The second kappa shape index (κ2) is 7.23. The highest BCUT2D eigenvalue weighted by molar-refractivity contribution is 8.19. The number of carbonyl (C=O) groups excluding carboxylic acids is 1. The monoisotopic (exact) mass is 378 g/mol. The molecule has 1 saturated heterocycles. The summed E-state index contributed by atoms with van der Waals surface area (Å²) in [4.78, 5) is 28.4. The quantitative estimate of drug-likeness (QED) is 0.622.